The van der Waals surface area contributed by atoms with Crippen LogP contribution in [0.3, 0.4) is 0 Å². The van der Waals surface area contributed by atoms with Gasteiger partial charge in [0.1, 0.15) is 0 Å². The van der Waals surface area contributed by atoms with E-state index in [2.05, 4.69) is 4.98 Å². The van der Waals surface area contributed by atoms with Gasteiger partial charge in [0, 0.05) is 23.1 Å². The number of rotatable bonds is 4. The monoisotopic (exact) mass is 312 g/mol. The fourth-order valence-corrected chi connectivity index (χ4v) is 2.32. The highest BCUT2D eigenvalue weighted by Gasteiger charge is 2.20. The lowest BCUT2D eigenvalue weighted by atomic mass is 10.2. The first kappa shape index (κ1) is 14.4. The molecule has 3 aromatic rings. The zero-order valence-electron chi connectivity index (χ0n) is 11.6. The number of amides is 1. The van der Waals surface area contributed by atoms with Crippen molar-refractivity contribution < 1.29 is 9.21 Å². The number of furan rings is 1. The summed E-state index contributed by atoms with van der Waals surface area (Å²) >= 11 is 6.05. The summed E-state index contributed by atoms with van der Waals surface area (Å²) in [7, 11) is 0. The van der Waals surface area contributed by atoms with Crippen molar-refractivity contribution in [2.75, 3.05) is 4.90 Å². The van der Waals surface area contributed by atoms with E-state index in [9.17, 15) is 4.79 Å². The highest BCUT2D eigenvalue weighted by atomic mass is 35.5. The third-order valence-corrected chi connectivity index (χ3v) is 3.40. The molecule has 0 saturated heterocycles. The van der Waals surface area contributed by atoms with Gasteiger partial charge in [-0.1, -0.05) is 23.7 Å². The summed E-state index contributed by atoms with van der Waals surface area (Å²) in [5, 5.41) is 0.570. The van der Waals surface area contributed by atoms with Crippen molar-refractivity contribution in [1.29, 1.82) is 0 Å². The molecule has 0 bridgehead atoms. The molecule has 4 nitrogen and oxygen atoms in total. The molecule has 110 valence electrons. The summed E-state index contributed by atoms with van der Waals surface area (Å²) in [6.45, 7) is 0.383. The molecule has 0 spiro atoms. The van der Waals surface area contributed by atoms with E-state index in [1.54, 1.807) is 41.6 Å². The Morgan fingerprint density at radius 1 is 1.18 bits per heavy atom. The fourth-order valence-electron chi connectivity index (χ4n) is 2.13. The first-order chi connectivity index (χ1) is 10.7. The molecule has 0 N–H and O–H groups in total. The van der Waals surface area contributed by atoms with E-state index < -0.39 is 0 Å². The third kappa shape index (κ3) is 3.18. The normalized spacial score (nSPS) is 10.4. The van der Waals surface area contributed by atoms with Crippen LogP contribution in [0.5, 0.6) is 0 Å². The molecule has 0 saturated carbocycles. The van der Waals surface area contributed by atoms with Gasteiger partial charge in [0.05, 0.1) is 12.8 Å². The Hall–Kier alpha value is -2.59. The second-order valence-electron chi connectivity index (χ2n) is 4.71. The van der Waals surface area contributed by atoms with Crippen molar-refractivity contribution in [3.63, 3.8) is 0 Å². The number of hydrogen-bond acceptors (Lipinski definition) is 3. The first-order valence-electron chi connectivity index (χ1n) is 6.74. The molecule has 1 amide bonds. The minimum Gasteiger partial charge on any atom is -0.459 e. The molecule has 3 rings (SSSR count). The lowest BCUT2D eigenvalue weighted by Crippen LogP contribution is -2.30. The van der Waals surface area contributed by atoms with Gasteiger partial charge in [-0.15, -0.1) is 0 Å². The Kier molecular flexibility index (Phi) is 4.21. The van der Waals surface area contributed by atoms with Crippen LogP contribution in [0.4, 0.5) is 5.69 Å². The van der Waals surface area contributed by atoms with E-state index in [0.29, 0.717) is 17.3 Å². The zero-order chi connectivity index (χ0) is 15.4. The van der Waals surface area contributed by atoms with Crippen molar-refractivity contribution in [1.82, 2.24) is 4.98 Å². The summed E-state index contributed by atoms with van der Waals surface area (Å²) < 4.78 is 5.23. The van der Waals surface area contributed by atoms with Gasteiger partial charge in [-0.3, -0.25) is 9.78 Å². The van der Waals surface area contributed by atoms with Gasteiger partial charge < -0.3 is 9.32 Å². The summed E-state index contributed by atoms with van der Waals surface area (Å²) in [6.07, 6.45) is 4.90. The fraction of sp³-hybridized carbons (Fsp3) is 0.0588. The van der Waals surface area contributed by atoms with E-state index in [-0.39, 0.29) is 11.7 Å². The average Bonchev–Trinajstić information content (AvgIpc) is 3.07. The van der Waals surface area contributed by atoms with Gasteiger partial charge in [-0.05, 0) is 42.0 Å². The molecule has 5 heteroatoms. The Morgan fingerprint density at radius 2 is 2.09 bits per heavy atom. The number of carbonyl (C=O) groups is 1. The molecule has 22 heavy (non-hydrogen) atoms. The molecule has 0 aliphatic heterocycles. The van der Waals surface area contributed by atoms with Gasteiger partial charge in [-0.25, -0.2) is 0 Å². The smallest absolute Gasteiger partial charge is 0.294 e. The van der Waals surface area contributed by atoms with Crippen LogP contribution in [0.15, 0.2) is 71.6 Å². The lowest BCUT2D eigenvalue weighted by molar-refractivity contribution is 0.0958. The Morgan fingerprint density at radius 3 is 2.77 bits per heavy atom. The molecular weight excluding hydrogens is 300 g/mol. The summed E-state index contributed by atoms with van der Waals surface area (Å²) in [5.41, 5.74) is 1.63. The number of benzene rings is 1. The Bertz CT molecular complexity index is 757. The Balaban J connectivity index is 1.96. The SMILES string of the molecule is O=C(c1ccco1)N(Cc1cccnc1)c1cccc(Cl)c1. The average molecular weight is 313 g/mol. The molecular formula is C17H13ClN2O2. The highest BCUT2D eigenvalue weighted by molar-refractivity contribution is 6.31. The van der Waals surface area contributed by atoms with Crippen LogP contribution in [0, 0.1) is 0 Å². The standard InChI is InChI=1S/C17H13ClN2O2/c18-14-5-1-6-15(10-14)20(12-13-4-2-8-19-11-13)17(21)16-7-3-9-22-16/h1-11H,12H2. The van der Waals surface area contributed by atoms with Gasteiger partial charge >= 0.3 is 0 Å². The summed E-state index contributed by atoms with van der Waals surface area (Å²) in [5.74, 6) is 0.0555. The number of hydrogen-bond donors (Lipinski definition) is 0. The number of nitrogens with zero attached hydrogens (tertiary/aromatic N) is 2. The number of aromatic nitrogens is 1. The van der Waals surface area contributed by atoms with E-state index in [4.69, 9.17) is 16.0 Å². The molecule has 1 aromatic carbocycles. The van der Waals surface area contributed by atoms with E-state index in [1.807, 2.05) is 24.3 Å². The molecule has 0 aliphatic carbocycles. The van der Waals surface area contributed by atoms with Crippen LogP contribution >= 0.6 is 11.6 Å². The number of halogens is 1. The minimum absolute atomic E-state index is 0.226. The number of carbonyl (C=O) groups excluding carboxylic acids is 1. The quantitative estimate of drug-likeness (QED) is 0.726. The largest absolute Gasteiger partial charge is 0.459 e. The van der Waals surface area contributed by atoms with Crippen molar-refractivity contribution in [2.24, 2.45) is 0 Å². The molecule has 0 radical (unpaired) electrons. The summed E-state index contributed by atoms with van der Waals surface area (Å²) in [4.78, 5) is 18.4. The van der Waals surface area contributed by atoms with Crippen molar-refractivity contribution in [2.45, 2.75) is 6.54 Å². The lowest BCUT2D eigenvalue weighted by Gasteiger charge is -2.22. The first-order valence-corrected chi connectivity index (χ1v) is 7.12. The molecule has 0 aliphatic rings. The molecule has 2 heterocycles. The van der Waals surface area contributed by atoms with Gasteiger partial charge in [-0.2, -0.15) is 0 Å². The number of pyridine rings is 1. The maximum Gasteiger partial charge on any atom is 0.294 e. The van der Waals surface area contributed by atoms with Gasteiger partial charge in [0.25, 0.3) is 5.91 Å². The summed E-state index contributed by atoms with van der Waals surface area (Å²) in [6, 6.07) is 14.2. The Labute approximate surface area is 133 Å². The van der Waals surface area contributed by atoms with Gasteiger partial charge in [0.2, 0.25) is 0 Å². The van der Waals surface area contributed by atoms with Gasteiger partial charge in [0.15, 0.2) is 5.76 Å². The zero-order valence-corrected chi connectivity index (χ0v) is 12.4. The van der Waals surface area contributed by atoms with Crippen molar-refractivity contribution >= 4 is 23.2 Å². The van der Waals surface area contributed by atoms with Crippen LogP contribution in [0.25, 0.3) is 0 Å². The topological polar surface area (TPSA) is 46.3 Å². The predicted octanol–water partition coefficient (Wildman–Crippen LogP) is 4.18. The van der Waals surface area contributed by atoms with E-state index in [0.717, 1.165) is 5.56 Å². The minimum atomic E-state index is -0.226. The van der Waals surface area contributed by atoms with Crippen LogP contribution in [-0.4, -0.2) is 10.9 Å². The maximum absolute atomic E-state index is 12.7. The molecule has 0 fully saturated rings. The maximum atomic E-state index is 12.7. The van der Waals surface area contributed by atoms with Crippen LogP contribution in [0.1, 0.15) is 16.1 Å². The van der Waals surface area contributed by atoms with E-state index in [1.165, 1.54) is 6.26 Å². The second-order valence-corrected chi connectivity index (χ2v) is 5.15. The second kappa shape index (κ2) is 6.45. The van der Waals surface area contributed by atoms with Crippen molar-refractivity contribution in [3.05, 3.63) is 83.5 Å². The highest BCUT2D eigenvalue weighted by Crippen LogP contribution is 2.23. The van der Waals surface area contributed by atoms with E-state index >= 15 is 0 Å². The molecule has 0 unspecified atom stereocenters. The molecule has 2 aromatic heterocycles. The third-order valence-electron chi connectivity index (χ3n) is 3.16. The van der Waals surface area contributed by atoms with Crippen molar-refractivity contribution in [3.8, 4) is 0 Å². The van der Waals surface area contributed by atoms with Crippen LogP contribution in [-0.2, 0) is 6.54 Å². The number of anilines is 1. The molecule has 0 atom stereocenters. The van der Waals surface area contributed by atoms with Crippen LogP contribution in [0.2, 0.25) is 5.02 Å². The van der Waals surface area contributed by atoms with Crippen LogP contribution < -0.4 is 4.90 Å². The predicted molar refractivity (Wildman–Crippen MR) is 84.9 cm³/mol.